The molecular formula is C19H15ClFN3O. The Morgan fingerprint density at radius 1 is 1.04 bits per heavy atom. The Hall–Kier alpha value is -2.92. The van der Waals surface area contributed by atoms with Gasteiger partial charge in [0.05, 0.1) is 0 Å². The molecule has 0 aliphatic heterocycles. The monoisotopic (exact) mass is 355 g/mol. The summed E-state index contributed by atoms with van der Waals surface area (Å²) in [6.07, 6.45) is 1.54. The zero-order valence-electron chi connectivity index (χ0n) is 13.2. The van der Waals surface area contributed by atoms with E-state index in [-0.39, 0.29) is 5.69 Å². The predicted molar refractivity (Wildman–Crippen MR) is 97.4 cm³/mol. The van der Waals surface area contributed by atoms with Crippen LogP contribution >= 0.6 is 11.6 Å². The standard InChI is InChI=1S/C19H15ClFN3O/c20-17-7-2-1-4-13(17)12-23-15-8-9-22-18(11-15)19(25)24-16-6-3-5-14(21)10-16/h1-11H,12H2,(H,22,23)(H,24,25). The first-order valence-corrected chi connectivity index (χ1v) is 8.00. The van der Waals surface area contributed by atoms with Crippen LogP contribution in [0.2, 0.25) is 5.02 Å². The van der Waals surface area contributed by atoms with Gasteiger partial charge in [-0.1, -0.05) is 35.9 Å². The molecule has 0 bridgehead atoms. The average molecular weight is 356 g/mol. The van der Waals surface area contributed by atoms with Crippen LogP contribution in [0.1, 0.15) is 16.1 Å². The molecule has 6 heteroatoms. The van der Waals surface area contributed by atoms with E-state index in [4.69, 9.17) is 11.6 Å². The maximum absolute atomic E-state index is 13.2. The van der Waals surface area contributed by atoms with Crippen LogP contribution in [0.15, 0.2) is 66.9 Å². The fourth-order valence-corrected chi connectivity index (χ4v) is 2.47. The molecule has 2 N–H and O–H groups in total. The van der Waals surface area contributed by atoms with E-state index < -0.39 is 11.7 Å². The number of carbonyl (C=O) groups is 1. The molecule has 4 nitrogen and oxygen atoms in total. The SMILES string of the molecule is O=C(Nc1cccc(F)c1)c1cc(NCc2ccccc2Cl)ccn1. The van der Waals surface area contributed by atoms with Crippen LogP contribution in [0.3, 0.4) is 0 Å². The Morgan fingerprint density at radius 2 is 1.88 bits per heavy atom. The maximum atomic E-state index is 13.2. The molecule has 1 aromatic heterocycles. The molecule has 0 unspecified atom stereocenters. The minimum absolute atomic E-state index is 0.230. The molecule has 3 rings (SSSR count). The van der Waals surface area contributed by atoms with Crippen molar-refractivity contribution < 1.29 is 9.18 Å². The third-order valence-electron chi connectivity index (χ3n) is 3.52. The molecule has 0 saturated carbocycles. The Kier molecular flexibility index (Phi) is 5.26. The van der Waals surface area contributed by atoms with Crippen molar-refractivity contribution in [2.75, 3.05) is 10.6 Å². The van der Waals surface area contributed by atoms with E-state index in [1.165, 1.54) is 24.4 Å². The van der Waals surface area contributed by atoms with Gasteiger partial charge in [-0.2, -0.15) is 0 Å². The first-order chi connectivity index (χ1) is 12.1. The number of nitrogens with one attached hydrogen (secondary N) is 2. The molecule has 0 radical (unpaired) electrons. The summed E-state index contributed by atoms with van der Waals surface area (Å²) in [7, 11) is 0. The summed E-state index contributed by atoms with van der Waals surface area (Å²) in [5, 5.41) is 6.50. The number of anilines is 2. The van der Waals surface area contributed by atoms with E-state index in [9.17, 15) is 9.18 Å². The van der Waals surface area contributed by atoms with Crippen LogP contribution in [0.4, 0.5) is 15.8 Å². The topological polar surface area (TPSA) is 54.0 Å². The number of pyridine rings is 1. The summed E-state index contributed by atoms with van der Waals surface area (Å²) in [4.78, 5) is 16.3. The summed E-state index contributed by atoms with van der Waals surface area (Å²) >= 11 is 6.13. The van der Waals surface area contributed by atoms with Gasteiger partial charge in [0.25, 0.3) is 5.91 Å². The van der Waals surface area contributed by atoms with Crippen molar-refractivity contribution in [3.63, 3.8) is 0 Å². The van der Waals surface area contributed by atoms with Crippen molar-refractivity contribution in [1.29, 1.82) is 0 Å². The van der Waals surface area contributed by atoms with Gasteiger partial charge in [-0.05, 0) is 42.0 Å². The molecule has 0 fully saturated rings. The van der Waals surface area contributed by atoms with Crippen LogP contribution in [0.25, 0.3) is 0 Å². The van der Waals surface area contributed by atoms with Gasteiger partial charge >= 0.3 is 0 Å². The molecule has 1 amide bonds. The molecule has 0 saturated heterocycles. The second-order valence-electron chi connectivity index (χ2n) is 5.34. The lowest BCUT2D eigenvalue weighted by Crippen LogP contribution is -2.14. The lowest BCUT2D eigenvalue weighted by Gasteiger charge is -2.09. The van der Waals surface area contributed by atoms with Crippen LogP contribution < -0.4 is 10.6 Å². The minimum Gasteiger partial charge on any atom is -0.381 e. The third-order valence-corrected chi connectivity index (χ3v) is 3.88. The van der Waals surface area contributed by atoms with Crippen molar-refractivity contribution in [3.05, 3.63) is 89.0 Å². The minimum atomic E-state index is -0.416. The lowest BCUT2D eigenvalue weighted by molar-refractivity contribution is 0.102. The van der Waals surface area contributed by atoms with Crippen molar-refractivity contribution in [3.8, 4) is 0 Å². The summed E-state index contributed by atoms with van der Waals surface area (Å²) in [5.74, 6) is -0.826. The first kappa shape index (κ1) is 16.9. The highest BCUT2D eigenvalue weighted by Crippen LogP contribution is 2.18. The highest BCUT2D eigenvalue weighted by molar-refractivity contribution is 6.31. The molecule has 1 heterocycles. The van der Waals surface area contributed by atoms with Gasteiger partial charge in [0.1, 0.15) is 11.5 Å². The number of amides is 1. The first-order valence-electron chi connectivity index (χ1n) is 7.62. The normalized spacial score (nSPS) is 10.3. The van der Waals surface area contributed by atoms with Crippen molar-refractivity contribution >= 4 is 28.9 Å². The largest absolute Gasteiger partial charge is 0.381 e. The van der Waals surface area contributed by atoms with Gasteiger partial charge < -0.3 is 10.6 Å². The van der Waals surface area contributed by atoms with Gasteiger partial charge in [-0.15, -0.1) is 0 Å². The molecule has 0 aliphatic carbocycles. The molecule has 126 valence electrons. The van der Waals surface area contributed by atoms with E-state index in [1.807, 2.05) is 24.3 Å². The van der Waals surface area contributed by atoms with Crippen molar-refractivity contribution in [1.82, 2.24) is 4.98 Å². The number of hydrogen-bond donors (Lipinski definition) is 2. The van der Waals surface area contributed by atoms with Gasteiger partial charge in [0.15, 0.2) is 0 Å². The number of rotatable bonds is 5. The summed E-state index contributed by atoms with van der Waals surface area (Å²) in [5.41, 5.74) is 2.29. The molecule has 2 aromatic carbocycles. The number of aromatic nitrogens is 1. The number of nitrogens with zero attached hydrogens (tertiary/aromatic N) is 1. The zero-order chi connectivity index (χ0) is 17.6. The summed E-state index contributed by atoms with van der Waals surface area (Å²) in [6, 6.07) is 16.6. The fourth-order valence-electron chi connectivity index (χ4n) is 2.27. The number of hydrogen-bond acceptors (Lipinski definition) is 3. The maximum Gasteiger partial charge on any atom is 0.274 e. The predicted octanol–water partition coefficient (Wildman–Crippen LogP) is 4.74. The van der Waals surface area contributed by atoms with Crippen LogP contribution in [-0.4, -0.2) is 10.9 Å². The zero-order valence-corrected chi connectivity index (χ0v) is 13.9. The number of halogens is 2. The van der Waals surface area contributed by atoms with Gasteiger partial charge in [-0.25, -0.2) is 4.39 Å². The highest BCUT2D eigenvalue weighted by atomic mass is 35.5. The van der Waals surface area contributed by atoms with Crippen molar-refractivity contribution in [2.24, 2.45) is 0 Å². The van der Waals surface area contributed by atoms with Gasteiger partial charge in [0.2, 0.25) is 0 Å². The second-order valence-corrected chi connectivity index (χ2v) is 5.75. The molecule has 0 aliphatic rings. The fraction of sp³-hybridized carbons (Fsp3) is 0.0526. The Morgan fingerprint density at radius 3 is 2.68 bits per heavy atom. The third kappa shape index (κ3) is 4.55. The van der Waals surface area contributed by atoms with Gasteiger partial charge in [-0.3, -0.25) is 9.78 Å². The molecule has 0 spiro atoms. The van der Waals surface area contributed by atoms with E-state index in [0.717, 1.165) is 11.3 Å². The quantitative estimate of drug-likeness (QED) is 0.695. The Balaban J connectivity index is 1.68. The Bertz CT molecular complexity index is 901. The van der Waals surface area contributed by atoms with E-state index in [2.05, 4.69) is 15.6 Å². The number of carbonyl (C=O) groups excluding carboxylic acids is 1. The smallest absolute Gasteiger partial charge is 0.274 e. The molecule has 0 atom stereocenters. The van der Waals surface area contributed by atoms with Crippen LogP contribution in [0, 0.1) is 5.82 Å². The molecule has 25 heavy (non-hydrogen) atoms. The average Bonchev–Trinajstić information content (AvgIpc) is 2.61. The van der Waals surface area contributed by atoms with Crippen LogP contribution in [0.5, 0.6) is 0 Å². The summed E-state index contributed by atoms with van der Waals surface area (Å²) < 4.78 is 13.2. The van der Waals surface area contributed by atoms with Crippen molar-refractivity contribution in [2.45, 2.75) is 6.54 Å². The lowest BCUT2D eigenvalue weighted by atomic mass is 10.2. The van der Waals surface area contributed by atoms with Crippen LogP contribution in [-0.2, 0) is 6.54 Å². The molecular weight excluding hydrogens is 341 g/mol. The number of benzene rings is 2. The van der Waals surface area contributed by atoms with Gasteiger partial charge in [0, 0.05) is 29.1 Å². The second kappa shape index (κ2) is 7.77. The van der Waals surface area contributed by atoms with E-state index >= 15 is 0 Å². The van der Waals surface area contributed by atoms with E-state index in [0.29, 0.717) is 17.3 Å². The highest BCUT2D eigenvalue weighted by Gasteiger charge is 2.09. The summed E-state index contributed by atoms with van der Waals surface area (Å²) in [6.45, 7) is 0.522. The molecule has 3 aromatic rings. The van der Waals surface area contributed by atoms with E-state index in [1.54, 1.807) is 18.2 Å². The Labute approximate surface area is 149 Å².